The SMILES string of the molecule is COC(=O)C1=NNC(C(=O)c2ccco2)C1c1ccc(Br)cc1. The van der Waals surface area contributed by atoms with Gasteiger partial charge >= 0.3 is 5.97 Å². The smallest absolute Gasteiger partial charge is 0.354 e. The van der Waals surface area contributed by atoms with Crippen LogP contribution in [0.3, 0.4) is 0 Å². The van der Waals surface area contributed by atoms with E-state index in [9.17, 15) is 9.59 Å². The van der Waals surface area contributed by atoms with Crippen LogP contribution in [-0.2, 0) is 9.53 Å². The third kappa shape index (κ3) is 2.92. The molecule has 2 aromatic rings. The minimum atomic E-state index is -0.726. The van der Waals surface area contributed by atoms with E-state index in [1.807, 2.05) is 24.3 Å². The van der Waals surface area contributed by atoms with Gasteiger partial charge in [-0.1, -0.05) is 28.1 Å². The summed E-state index contributed by atoms with van der Waals surface area (Å²) in [7, 11) is 1.28. The van der Waals surface area contributed by atoms with Crippen LogP contribution in [0.15, 0.2) is 56.7 Å². The Bertz CT molecular complexity index is 753. The second-order valence-electron chi connectivity index (χ2n) is 4.97. The molecule has 0 bridgehead atoms. The Labute approximate surface area is 140 Å². The van der Waals surface area contributed by atoms with Crippen LogP contribution in [0, 0.1) is 0 Å². The summed E-state index contributed by atoms with van der Waals surface area (Å²) in [6.07, 6.45) is 1.43. The van der Waals surface area contributed by atoms with Crippen molar-refractivity contribution in [1.82, 2.24) is 5.43 Å². The zero-order valence-corrected chi connectivity index (χ0v) is 13.7. The van der Waals surface area contributed by atoms with E-state index < -0.39 is 17.9 Å². The van der Waals surface area contributed by atoms with Crippen molar-refractivity contribution in [3.8, 4) is 0 Å². The molecule has 0 saturated carbocycles. The molecule has 0 spiro atoms. The molecule has 7 heteroatoms. The zero-order chi connectivity index (χ0) is 16.4. The summed E-state index contributed by atoms with van der Waals surface area (Å²) in [6.45, 7) is 0. The molecule has 0 aliphatic carbocycles. The van der Waals surface area contributed by atoms with E-state index in [2.05, 4.69) is 26.5 Å². The molecule has 1 aliphatic rings. The maximum Gasteiger partial charge on any atom is 0.354 e. The lowest BCUT2D eigenvalue weighted by Crippen LogP contribution is -2.37. The summed E-state index contributed by atoms with van der Waals surface area (Å²) < 4.78 is 10.8. The average Bonchev–Trinajstić information content (AvgIpc) is 3.24. The first-order valence-corrected chi connectivity index (χ1v) is 7.65. The van der Waals surface area contributed by atoms with Crippen molar-refractivity contribution in [2.75, 3.05) is 7.11 Å². The highest BCUT2D eigenvalue weighted by Crippen LogP contribution is 2.29. The number of hydrogen-bond donors (Lipinski definition) is 1. The standard InChI is InChI=1S/C16H13BrN2O4/c1-22-16(21)14-12(9-4-6-10(17)7-5-9)13(18-19-14)15(20)11-3-2-8-23-11/h2-8,12-13,18H,1H3. The fourth-order valence-electron chi connectivity index (χ4n) is 2.52. The van der Waals surface area contributed by atoms with Crippen LogP contribution in [0.4, 0.5) is 0 Å². The van der Waals surface area contributed by atoms with Gasteiger partial charge < -0.3 is 9.15 Å². The summed E-state index contributed by atoms with van der Waals surface area (Å²) in [6, 6.07) is 9.85. The van der Waals surface area contributed by atoms with Gasteiger partial charge in [0, 0.05) is 4.47 Å². The first-order chi connectivity index (χ1) is 11.1. The number of hydrogen-bond acceptors (Lipinski definition) is 6. The van der Waals surface area contributed by atoms with E-state index in [0.717, 1.165) is 10.0 Å². The summed E-state index contributed by atoms with van der Waals surface area (Å²) in [5.74, 6) is -1.18. The molecule has 1 aromatic carbocycles. The highest BCUT2D eigenvalue weighted by Gasteiger charge is 2.42. The number of nitrogens with one attached hydrogen (secondary N) is 1. The molecule has 2 unspecified atom stereocenters. The molecule has 118 valence electrons. The first kappa shape index (κ1) is 15.5. The topological polar surface area (TPSA) is 80.9 Å². The van der Waals surface area contributed by atoms with Crippen molar-refractivity contribution < 1.29 is 18.7 Å². The number of halogens is 1. The molecule has 1 aromatic heterocycles. The molecule has 0 radical (unpaired) electrons. The number of benzene rings is 1. The van der Waals surface area contributed by atoms with E-state index in [-0.39, 0.29) is 17.3 Å². The molecule has 0 amide bonds. The van der Waals surface area contributed by atoms with Gasteiger partial charge in [0.2, 0.25) is 5.78 Å². The molecular formula is C16H13BrN2O4. The van der Waals surface area contributed by atoms with Crippen molar-refractivity contribution >= 4 is 33.4 Å². The van der Waals surface area contributed by atoms with Gasteiger partial charge in [0.25, 0.3) is 0 Å². The van der Waals surface area contributed by atoms with Gasteiger partial charge in [-0.15, -0.1) is 0 Å². The summed E-state index contributed by atoms with van der Waals surface area (Å²) in [5.41, 5.74) is 3.69. The molecule has 1 N–H and O–H groups in total. The van der Waals surface area contributed by atoms with Gasteiger partial charge in [0.05, 0.1) is 19.3 Å². The van der Waals surface area contributed by atoms with E-state index >= 15 is 0 Å². The Balaban J connectivity index is 1.98. The van der Waals surface area contributed by atoms with Gasteiger partial charge in [0.1, 0.15) is 6.04 Å². The van der Waals surface area contributed by atoms with E-state index in [1.165, 1.54) is 13.4 Å². The molecule has 6 nitrogen and oxygen atoms in total. The Morgan fingerprint density at radius 3 is 2.61 bits per heavy atom. The predicted molar refractivity (Wildman–Crippen MR) is 86.3 cm³/mol. The lowest BCUT2D eigenvalue weighted by Gasteiger charge is -2.18. The minimum absolute atomic E-state index is 0.166. The van der Waals surface area contributed by atoms with E-state index in [0.29, 0.717) is 0 Å². The number of Topliss-reactive ketones (excluding diaryl/α,β-unsaturated/α-hetero) is 1. The number of furan rings is 1. The number of esters is 1. The molecular weight excluding hydrogens is 364 g/mol. The molecule has 0 saturated heterocycles. The van der Waals surface area contributed by atoms with Crippen molar-refractivity contribution in [3.63, 3.8) is 0 Å². The molecule has 23 heavy (non-hydrogen) atoms. The lowest BCUT2D eigenvalue weighted by atomic mass is 9.86. The Morgan fingerprint density at radius 2 is 2.00 bits per heavy atom. The van der Waals surface area contributed by atoms with Gasteiger partial charge in [-0.2, -0.15) is 5.10 Å². The second-order valence-corrected chi connectivity index (χ2v) is 5.88. The fourth-order valence-corrected chi connectivity index (χ4v) is 2.79. The normalized spacial score (nSPS) is 19.8. The second kappa shape index (κ2) is 6.37. The van der Waals surface area contributed by atoms with Gasteiger partial charge in [-0.3, -0.25) is 10.2 Å². The zero-order valence-electron chi connectivity index (χ0n) is 12.2. The monoisotopic (exact) mass is 376 g/mol. The van der Waals surface area contributed by atoms with Crippen LogP contribution in [0.1, 0.15) is 22.0 Å². The predicted octanol–water partition coefficient (Wildman–Crippen LogP) is 2.51. The van der Waals surface area contributed by atoms with Crippen molar-refractivity contribution in [2.24, 2.45) is 5.10 Å². The third-order valence-corrected chi connectivity index (χ3v) is 4.15. The number of rotatable bonds is 4. The van der Waals surface area contributed by atoms with Crippen molar-refractivity contribution in [2.45, 2.75) is 12.0 Å². The summed E-state index contributed by atoms with van der Waals surface area (Å²) in [5, 5.41) is 4.02. The molecule has 1 aliphatic heterocycles. The largest absolute Gasteiger partial charge is 0.464 e. The third-order valence-electron chi connectivity index (χ3n) is 3.62. The average molecular weight is 377 g/mol. The van der Waals surface area contributed by atoms with Gasteiger partial charge in [0.15, 0.2) is 11.5 Å². The van der Waals surface area contributed by atoms with E-state index in [4.69, 9.17) is 9.15 Å². The maximum atomic E-state index is 12.6. The van der Waals surface area contributed by atoms with Crippen LogP contribution >= 0.6 is 15.9 Å². The van der Waals surface area contributed by atoms with Crippen LogP contribution in [0.25, 0.3) is 0 Å². The van der Waals surface area contributed by atoms with Crippen molar-refractivity contribution in [3.05, 3.63) is 58.5 Å². The van der Waals surface area contributed by atoms with Crippen molar-refractivity contribution in [1.29, 1.82) is 0 Å². The van der Waals surface area contributed by atoms with Crippen LogP contribution in [-0.4, -0.2) is 30.6 Å². The highest BCUT2D eigenvalue weighted by atomic mass is 79.9. The maximum absolute atomic E-state index is 12.6. The number of nitrogens with zero attached hydrogens (tertiary/aromatic N) is 1. The van der Waals surface area contributed by atoms with Gasteiger partial charge in [-0.05, 0) is 29.8 Å². The Hall–Kier alpha value is -2.41. The number of hydrazone groups is 1. The number of carbonyl (C=O) groups excluding carboxylic acids is 2. The fraction of sp³-hybridized carbons (Fsp3) is 0.188. The van der Waals surface area contributed by atoms with Crippen LogP contribution in [0.2, 0.25) is 0 Å². The van der Waals surface area contributed by atoms with Crippen LogP contribution < -0.4 is 5.43 Å². The summed E-state index contributed by atoms with van der Waals surface area (Å²) in [4.78, 5) is 24.6. The van der Waals surface area contributed by atoms with Gasteiger partial charge in [-0.25, -0.2) is 4.79 Å². The minimum Gasteiger partial charge on any atom is -0.464 e. The first-order valence-electron chi connectivity index (χ1n) is 6.86. The molecule has 2 atom stereocenters. The molecule has 0 fully saturated rings. The summed E-state index contributed by atoms with van der Waals surface area (Å²) >= 11 is 3.37. The molecule has 2 heterocycles. The Kier molecular flexibility index (Phi) is 4.29. The number of ether oxygens (including phenoxy) is 1. The molecule has 3 rings (SSSR count). The number of ketones is 1. The lowest BCUT2D eigenvalue weighted by molar-refractivity contribution is -0.132. The van der Waals surface area contributed by atoms with E-state index in [1.54, 1.807) is 12.1 Å². The Morgan fingerprint density at radius 1 is 1.26 bits per heavy atom. The quantitative estimate of drug-likeness (QED) is 0.654. The van der Waals surface area contributed by atoms with Crippen LogP contribution in [0.5, 0.6) is 0 Å². The highest BCUT2D eigenvalue weighted by molar-refractivity contribution is 9.10. The number of carbonyl (C=O) groups is 2. The number of methoxy groups -OCH3 is 1.